The molecule has 0 saturated carbocycles. The van der Waals surface area contributed by atoms with Crippen molar-refractivity contribution in [3.8, 4) is 6.07 Å². The molecule has 106 valence electrons. The second-order valence-electron chi connectivity index (χ2n) is 5.66. The molecule has 1 rings (SSSR count). The van der Waals surface area contributed by atoms with E-state index in [0.717, 1.165) is 5.56 Å². The first-order valence-corrected chi connectivity index (χ1v) is 6.70. The van der Waals surface area contributed by atoms with Gasteiger partial charge in [-0.15, -0.1) is 0 Å². The van der Waals surface area contributed by atoms with Crippen molar-refractivity contribution in [2.24, 2.45) is 0 Å². The lowest BCUT2D eigenvalue weighted by Gasteiger charge is -2.19. The average molecular weight is 271 g/mol. The number of rotatable bonds is 3. The van der Waals surface area contributed by atoms with Crippen LogP contribution in [0.1, 0.15) is 45.7 Å². The molecule has 0 aromatic heterocycles. The van der Waals surface area contributed by atoms with Gasteiger partial charge in [-0.3, -0.25) is 0 Å². The molecule has 3 heteroatoms. The van der Waals surface area contributed by atoms with Gasteiger partial charge in [0.2, 0.25) is 0 Å². The van der Waals surface area contributed by atoms with E-state index in [0.29, 0.717) is 5.57 Å². The number of nitriles is 1. The van der Waals surface area contributed by atoms with E-state index in [4.69, 9.17) is 10.00 Å². The molecule has 3 nitrogen and oxygen atoms in total. The number of allylic oxidation sites excluding steroid dienone is 1. The largest absolute Gasteiger partial charge is 0.462 e. The Bertz CT molecular complexity index is 554. The van der Waals surface area contributed by atoms with Crippen molar-refractivity contribution in [3.05, 3.63) is 41.0 Å². The molecule has 0 aliphatic rings. The van der Waals surface area contributed by atoms with Crippen LogP contribution < -0.4 is 0 Å². The Morgan fingerprint density at radius 1 is 1.25 bits per heavy atom. The molecule has 0 fully saturated rings. The van der Waals surface area contributed by atoms with Crippen LogP contribution in [0, 0.1) is 11.3 Å². The third kappa shape index (κ3) is 3.71. The SMILES string of the molecule is CCOC(=O)C(C#N)=C(C)c1ccc(C(C)(C)C)cc1. The fourth-order valence-electron chi connectivity index (χ4n) is 1.85. The average Bonchev–Trinajstić information content (AvgIpc) is 2.39. The molecule has 0 bridgehead atoms. The fraction of sp³-hybridized carbons (Fsp3) is 0.412. The number of benzene rings is 1. The first-order valence-electron chi connectivity index (χ1n) is 6.70. The standard InChI is InChI=1S/C17H21NO2/c1-6-20-16(19)15(11-18)12(2)13-7-9-14(10-8-13)17(3,4)5/h7-10H,6H2,1-5H3. The molecule has 1 aromatic rings. The summed E-state index contributed by atoms with van der Waals surface area (Å²) in [4.78, 5) is 11.7. The lowest BCUT2D eigenvalue weighted by molar-refractivity contribution is -0.137. The monoisotopic (exact) mass is 271 g/mol. The highest BCUT2D eigenvalue weighted by molar-refractivity contribution is 6.01. The number of hydrogen-bond acceptors (Lipinski definition) is 3. The summed E-state index contributed by atoms with van der Waals surface area (Å²) in [6, 6.07) is 9.86. The van der Waals surface area contributed by atoms with Crippen LogP contribution in [0.3, 0.4) is 0 Å². The van der Waals surface area contributed by atoms with Gasteiger partial charge < -0.3 is 4.74 Å². The zero-order valence-corrected chi connectivity index (χ0v) is 12.8. The first-order chi connectivity index (χ1) is 9.31. The fourth-order valence-corrected chi connectivity index (χ4v) is 1.85. The zero-order valence-electron chi connectivity index (χ0n) is 12.8. The highest BCUT2D eigenvalue weighted by atomic mass is 16.5. The van der Waals surface area contributed by atoms with Gasteiger partial charge in [0.15, 0.2) is 0 Å². The van der Waals surface area contributed by atoms with Gasteiger partial charge in [-0.2, -0.15) is 5.26 Å². The minimum atomic E-state index is -0.563. The molecule has 0 saturated heterocycles. The van der Waals surface area contributed by atoms with Crippen LogP contribution >= 0.6 is 0 Å². The van der Waals surface area contributed by atoms with Crippen molar-refractivity contribution in [2.45, 2.75) is 40.0 Å². The van der Waals surface area contributed by atoms with E-state index < -0.39 is 5.97 Å². The van der Waals surface area contributed by atoms with Crippen LogP contribution in [-0.4, -0.2) is 12.6 Å². The molecule has 0 heterocycles. The van der Waals surface area contributed by atoms with E-state index in [2.05, 4.69) is 20.8 Å². The van der Waals surface area contributed by atoms with Crippen molar-refractivity contribution >= 4 is 11.5 Å². The van der Waals surface area contributed by atoms with Crippen molar-refractivity contribution in [1.29, 1.82) is 5.26 Å². The van der Waals surface area contributed by atoms with E-state index >= 15 is 0 Å². The molecular formula is C17H21NO2. The topological polar surface area (TPSA) is 50.1 Å². The molecule has 0 atom stereocenters. The number of nitrogens with zero attached hydrogens (tertiary/aromatic N) is 1. The summed E-state index contributed by atoms with van der Waals surface area (Å²) in [6.45, 7) is 10.2. The van der Waals surface area contributed by atoms with Crippen molar-refractivity contribution in [2.75, 3.05) is 6.61 Å². The molecule has 0 unspecified atom stereocenters. The first kappa shape index (κ1) is 16.0. The Kier molecular flexibility index (Phi) is 5.10. The van der Waals surface area contributed by atoms with E-state index in [1.807, 2.05) is 30.3 Å². The van der Waals surface area contributed by atoms with Crippen LogP contribution in [0.2, 0.25) is 0 Å². The molecule has 0 aliphatic carbocycles. The van der Waals surface area contributed by atoms with Gasteiger partial charge in [0.1, 0.15) is 11.6 Å². The quantitative estimate of drug-likeness (QED) is 0.476. The van der Waals surface area contributed by atoms with Gasteiger partial charge in [-0.05, 0) is 36.0 Å². The Morgan fingerprint density at radius 3 is 2.20 bits per heavy atom. The molecule has 0 aliphatic heterocycles. The van der Waals surface area contributed by atoms with Crippen LogP contribution in [0.4, 0.5) is 0 Å². The lowest BCUT2D eigenvalue weighted by Crippen LogP contribution is -2.11. The molecule has 1 aromatic carbocycles. The molecular weight excluding hydrogens is 250 g/mol. The van der Waals surface area contributed by atoms with E-state index in [9.17, 15) is 4.79 Å². The highest BCUT2D eigenvalue weighted by Gasteiger charge is 2.16. The zero-order chi connectivity index (χ0) is 15.3. The van der Waals surface area contributed by atoms with Gasteiger partial charge in [0, 0.05) is 0 Å². The summed E-state index contributed by atoms with van der Waals surface area (Å²) in [5.74, 6) is -0.563. The Balaban J connectivity index is 3.16. The number of ether oxygens (including phenoxy) is 1. The molecule has 20 heavy (non-hydrogen) atoms. The number of esters is 1. The summed E-state index contributed by atoms with van der Waals surface area (Å²) in [6.07, 6.45) is 0. The van der Waals surface area contributed by atoms with Crippen LogP contribution in [-0.2, 0) is 14.9 Å². The van der Waals surface area contributed by atoms with E-state index in [-0.39, 0.29) is 17.6 Å². The van der Waals surface area contributed by atoms with Crippen molar-refractivity contribution in [1.82, 2.24) is 0 Å². The van der Waals surface area contributed by atoms with Crippen LogP contribution in [0.15, 0.2) is 29.8 Å². The van der Waals surface area contributed by atoms with Gasteiger partial charge in [-0.25, -0.2) is 4.79 Å². The normalized spacial score (nSPS) is 12.4. The van der Waals surface area contributed by atoms with Gasteiger partial charge in [0.25, 0.3) is 0 Å². The number of carbonyl (C=O) groups is 1. The van der Waals surface area contributed by atoms with Crippen molar-refractivity contribution < 1.29 is 9.53 Å². The maximum Gasteiger partial charge on any atom is 0.349 e. The third-order valence-electron chi connectivity index (χ3n) is 3.15. The number of hydrogen-bond donors (Lipinski definition) is 0. The predicted molar refractivity (Wildman–Crippen MR) is 80.0 cm³/mol. The molecule has 0 N–H and O–H groups in total. The Hall–Kier alpha value is -2.08. The second-order valence-corrected chi connectivity index (χ2v) is 5.66. The summed E-state index contributed by atoms with van der Waals surface area (Å²) in [5, 5.41) is 9.13. The van der Waals surface area contributed by atoms with Gasteiger partial charge in [-0.1, -0.05) is 45.0 Å². The minimum absolute atomic E-state index is 0.0651. The minimum Gasteiger partial charge on any atom is -0.462 e. The second kappa shape index (κ2) is 6.38. The Morgan fingerprint density at radius 2 is 1.80 bits per heavy atom. The number of carbonyl (C=O) groups excluding carboxylic acids is 1. The van der Waals surface area contributed by atoms with E-state index in [1.165, 1.54) is 5.56 Å². The third-order valence-corrected chi connectivity index (χ3v) is 3.15. The van der Waals surface area contributed by atoms with Crippen LogP contribution in [0.25, 0.3) is 5.57 Å². The molecule has 0 amide bonds. The molecule has 0 spiro atoms. The predicted octanol–water partition coefficient (Wildman–Crippen LogP) is 3.84. The smallest absolute Gasteiger partial charge is 0.349 e. The summed E-state index contributed by atoms with van der Waals surface area (Å²) in [5.41, 5.74) is 2.86. The van der Waals surface area contributed by atoms with Crippen molar-refractivity contribution in [3.63, 3.8) is 0 Å². The highest BCUT2D eigenvalue weighted by Crippen LogP contribution is 2.25. The summed E-state index contributed by atoms with van der Waals surface area (Å²) < 4.78 is 4.90. The van der Waals surface area contributed by atoms with Gasteiger partial charge >= 0.3 is 5.97 Å². The summed E-state index contributed by atoms with van der Waals surface area (Å²) >= 11 is 0. The van der Waals surface area contributed by atoms with Crippen LogP contribution in [0.5, 0.6) is 0 Å². The summed E-state index contributed by atoms with van der Waals surface area (Å²) in [7, 11) is 0. The Labute approximate surface area is 120 Å². The van der Waals surface area contributed by atoms with E-state index in [1.54, 1.807) is 13.8 Å². The maximum absolute atomic E-state index is 11.7. The molecule has 0 radical (unpaired) electrons. The lowest BCUT2D eigenvalue weighted by atomic mass is 9.86. The maximum atomic E-state index is 11.7. The van der Waals surface area contributed by atoms with Gasteiger partial charge in [0.05, 0.1) is 6.61 Å².